The second kappa shape index (κ2) is 9.02. The molecule has 0 radical (unpaired) electrons. The van der Waals surface area contributed by atoms with Crippen molar-refractivity contribution in [2.75, 3.05) is 20.6 Å². The number of hydrogen-bond acceptors (Lipinski definition) is 3. The van der Waals surface area contributed by atoms with Crippen LogP contribution in [0, 0.1) is 6.92 Å². The van der Waals surface area contributed by atoms with Crippen molar-refractivity contribution >= 4 is 16.8 Å². The summed E-state index contributed by atoms with van der Waals surface area (Å²) < 4.78 is 0. The number of aromatic amines is 1. The number of fused-ring (bicyclic) bond motifs is 1. The van der Waals surface area contributed by atoms with Gasteiger partial charge in [-0.2, -0.15) is 5.10 Å². The summed E-state index contributed by atoms with van der Waals surface area (Å²) >= 11 is 0. The maximum absolute atomic E-state index is 12.5. The van der Waals surface area contributed by atoms with Crippen molar-refractivity contribution in [1.82, 2.24) is 20.4 Å². The molecule has 1 aromatic heterocycles. The number of amides is 1. The Labute approximate surface area is 167 Å². The molecule has 2 N–H and O–H groups in total. The quantitative estimate of drug-likeness (QED) is 0.629. The summed E-state index contributed by atoms with van der Waals surface area (Å²) in [5, 5.41) is 11.5. The highest BCUT2D eigenvalue weighted by Gasteiger charge is 2.17. The number of likely N-dealkylation sites (N-methyl/N-ethyl adjacent to an activating group) is 1. The lowest BCUT2D eigenvalue weighted by Crippen LogP contribution is -2.42. The van der Waals surface area contributed by atoms with Crippen molar-refractivity contribution in [3.05, 3.63) is 65.4 Å². The van der Waals surface area contributed by atoms with Crippen molar-refractivity contribution in [3.63, 3.8) is 0 Å². The summed E-state index contributed by atoms with van der Waals surface area (Å²) in [7, 11) is 4.13. The van der Waals surface area contributed by atoms with Crippen molar-refractivity contribution in [3.8, 4) is 0 Å². The molecule has 0 bridgehead atoms. The van der Waals surface area contributed by atoms with Crippen LogP contribution < -0.4 is 5.32 Å². The van der Waals surface area contributed by atoms with Gasteiger partial charge in [-0.25, -0.2) is 0 Å². The predicted octanol–water partition coefficient (Wildman–Crippen LogP) is 3.65. The van der Waals surface area contributed by atoms with E-state index in [0.717, 1.165) is 17.3 Å². The Kier molecular flexibility index (Phi) is 6.47. The molecular weight excluding hydrogens is 348 g/mol. The number of aryl methyl sites for hydroxylation is 1. The molecule has 3 aromatic rings. The minimum absolute atomic E-state index is 0.102. The Balaban J connectivity index is 1.60. The number of hydrogen-bond donors (Lipinski definition) is 2. The average Bonchev–Trinajstić information content (AvgIpc) is 3.16. The highest BCUT2D eigenvalue weighted by molar-refractivity contribution is 5.82. The zero-order valence-electron chi connectivity index (χ0n) is 17.2. The summed E-state index contributed by atoms with van der Waals surface area (Å²) in [5.41, 5.74) is 4.80. The van der Waals surface area contributed by atoms with Gasteiger partial charge < -0.3 is 10.2 Å². The number of benzene rings is 2. The molecule has 148 valence electrons. The molecule has 0 aliphatic heterocycles. The van der Waals surface area contributed by atoms with Gasteiger partial charge in [0.25, 0.3) is 0 Å². The van der Waals surface area contributed by atoms with Crippen LogP contribution >= 0.6 is 0 Å². The average molecular weight is 379 g/mol. The molecule has 2 unspecified atom stereocenters. The van der Waals surface area contributed by atoms with E-state index in [2.05, 4.69) is 72.6 Å². The molecule has 0 fully saturated rings. The number of carbonyl (C=O) groups is 1. The van der Waals surface area contributed by atoms with E-state index in [1.165, 1.54) is 16.7 Å². The monoisotopic (exact) mass is 378 g/mol. The fourth-order valence-electron chi connectivity index (χ4n) is 3.60. The van der Waals surface area contributed by atoms with E-state index in [-0.39, 0.29) is 17.9 Å². The van der Waals surface area contributed by atoms with Crippen LogP contribution in [0.2, 0.25) is 0 Å². The van der Waals surface area contributed by atoms with E-state index in [4.69, 9.17) is 0 Å². The second-order valence-corrected chi connectivity index (χ2v) is 7.82. The number of aromatic nitrogens is 2. The Morgan fingerprint density at radius 2 is 1.93 bits per heavy atom. The van der Waals surface area contributed by atoms with Crippen molar-refractivity contribution < 1.29 is 4.79 Å². The summed E-state index contributed by atoms with van der Waals surface area (Å²) in [6.07, 6.45) is 3.27. The minimum atomic E-state index is 0.102. The molecule has 0 aliphatic rings. The molecule has 5 nitrogen and oxygen atoms in total. The predicted molar refractivity (Wildman–Crippen MR) is 114 cm³/mol. The zero-order chi connectivity index (χ0) is 20.1. The Morgan fingerprint density at radius 1 is 1.18 bits per heavy atom. The topological polar surface area (TPSA) is 61.0 Å². The molecular formula is C23H30N4O. The number of carbonyl (C=O) groups excluding carboxylic acids is 1. The van der Waals surface area contributed by atoms with Crippen LogP contribution in [0.4, 0.5) is 0 Å². The molecule has 2 atom stereocenters. The van der Waals surface area contributed by atoms with Crippen LogP contribution in [0.5, 0.6) is 0 Å². The smallest absolute Gasteiger partial charge is 0.220 e. The molecule has 0 saturated carbocycles. The van der Waals surface area contributed by atoms with Crippen LogP contribution in [-0.2, 0) is 11.2 Å². The third-order valence-electron chi connectivity index (χ3n) is 5.59. The van der Waals surface area contributed by atoms with Crippen molar-refractivity contribution in [2.24, 2.45) is 0 Å². The fourth-order valence-corrected chi connectivity index (χ4v) is 3.60. The van der Waals surface area contributed by atoms with Gasteiger partial charge in [0.2, 0.25) is 5.91 Å². The first-order valence-electron chi connectivity index (χ1n) is 9.85. The molecule has 1 amide bonds. The van der Waals surface area contributed by atoms with Gasteiger partial charge in [0.1, 0.15) is 0 Å². The van der Waals surface area contributed by atoms with E-state index < -0.39 is 0 Å². The second-order valence-electron chi connectivity index (χ2n) is 7.82. The van der Waals surface area contributed by atoms with Crippen molar-refractivity contribution in [2.45, 2.75) is 38.6 Å². The summed E-state index contributed by atoms with van der Waals surface area (Å²) in [6, 6.07) is 14.7. The number of H-pyrrole nitrogens is 1. The van der Waals surface area contributed by atoms with Gasteiger partial charge in [0.15, 0.2) is 0 Å². The first-order valence-corrected chi connectivity index (χ1v) is 9.85. The standard InChI is InChI=1S/C23H30N4O/c1-16(18-8-6-5-7-9-18)12-23(28)24-14-20(27(3)4)13-19-10-11-22-21(17(19)2)15-25-26-22/h5-11,15-16,20H,12-14H2,1-4H3,(H,24,28)(H,25,26). The van der Waals surface area contributed by atoms with Crippen LogP contribution in [0.1, 0.15) is 36.0 Å². The molecule has 3 rings (SSSR count). The van der Waals surface area contributed by atoms with Crippen LogP contribution in [0.3, 0.4) is 0 Å². The van der Waals surface area contributed by atoms with Gasteiger partial charge >= 0.3 is 0 Å². The molecule has 1 heterocycles. The first kappa shape index (κ1) is 20.1. The molecule has 2 aromatic carbocycles. The fraction of sp³-hybridized carbons (Fsp3) is 0.391. The van der Waals surface area contributed by atoms with Gasteiger partial charge in [-0.15, -0.1) is 0 Å². The highest BCUT2D eigenvalue weighted by Crippen LogP contribution is 2.22. The Bertz CT molecular complexity index is 917. The van der Waals surface area contributed by atoms with Gasteiger partial charge in [-0.1, -0.05) is 43.3 Å². The SMILES string of the molecule is Cc1c(CC(CNC(=O)CC(C)c2ccccc2)N(C)C)ccc2[nH]ncc12. The third-order valence-corrected chi connectivity index (χ3v) is 5.59. The highest BCUT2D eigenvalue weighted by atomic mass is 16.1. The maximum Gasteiger partial charge on any atom is 0.220 e. The zero-order valence-corrected chi connectivity index (χ0v) is 17.2. The van der Waals surface area contributed by atoms with Gasteiger partial charge in [-0.05, 0) is 56.1 Å². The first-order chi connectivity index (χ1) is 13.5. The number of nitrogens with zero attached hydrogens (tertiary/aromatic N) is 2. The Morgan fingerprint density at radius 3 is 2.64 bits per heavy atom. The van der Waals surface area contributed by atoms with Crippen LogP contribution in [0.25, 0.3) is 10.9 Å². The van der Waals surface area contributed by atoms with E-state index in [0.29, 0.717) is 13.0 Å². The maximum atomic E-state index is 12.5. The number of rotatable bonds is 8. The summed E-state index contributed by atoms with van der Waals surface area (Å²) in [4.78, 5) is 14.7. The molecule has 0 spiro atoms. The minimum Gasteiger partial charge on any atom is -0.355 e. The lowest BCUT2D eigenvalue weighted by Gasteiger charge is -2.26. The molecule has 0 aliphatic carbocycles. The normalized spacial score (nSPS) is 13.6. The number of nitrogens with one attached hydrogen (secondary N) is 2. The Hall–Kier alpha value is -2.66. The molecule has 28 heavy (non-hydrogen) atoms. The summed E-state index contributed by atoms with van der Waals surface area (Å²) in [5.74, 6) is 0.315. The lowest BCUT2D eigenvalue weighted by atomic mass is 9.96. The largest absolute Gasteiger partial charge is 0.355 e. The summed E-state index contributed by atoms with van der Waals surface area (Å²) in [6.45, 7) is 4.87. The van der Waals surface area contributed by atoms with Gasteiger partial charge in [-0.3, -0.25) is 9.89 Å². The van der Waals surface area contributed by atoms with Crippen LogP contribution in [0.15, 0.2) is 48.7 Å². The lowest BCUT2D eigenvalue weighted by molar-refractivity contribution is -0.121. The van der Waals surface area contributed by atoms with Crippen LogP contribution in [-0.4, -0.2) is 47.7 Å². The molecule has 5 heteroatoms. The van der Waals surface area contributed by atoms with Gasteiger partial charge in [0, 0.05) is 24.4 Å². The van der Waals surface area contributed by atoms with E-state index >= 15 is 0 Å². The third kappa shape index (κ3) is 4.78. The van der Waals surface area contributed by atoms with E-state index in [9.17, 15) is 4.79 Å². The van der Waals surface area contributed by atoms with E-state index in [1.807, 2.05) is 24.4 Å². The van der Waals surface area contributed by atoms with E-state index in [1.54, 1.807) is 0 Å². The van der Waals surface area contributed by atoms with Crippen molar-refractivity contribution in [1.29, 1.82) is 0 Å². The molecule has 0 saturated heterocycles. The van der Waals surface area contributed by atoms with Gasteiger partial charge in [0.05, 0.1) is 11.7 Å².